The SMILES string of the molecule is OCc1ccc(Cl)cc1Oc1cccc(F)c1. The molecule has 1 N–H and O–H groups in total. The number of hydrogen-bond acceptors (Lipinski definition) is 2. The molecule has 2 aromatic rings. The van der Waals surface area contributed by atoms with Crippen molar-refractivity contribution in [1.82, 2.24) is 0 Å². The lowest BCUT2D eigenvalue weighted by Gasteiger charge is -2.10. The van der Waals surface area contributed by atoms with Crippen molar-refractivity contribution < 1.29 is 14.2 Å². The van der Waals surface area contributed by atoms with Crippen molar-refractivity contribution in [2.45, 2.75) is 6.61 Å². The van der Waals surface area contributed by atoms with Gasteiger partial charge in [0.05, 0.1) is 6.61 Å². The van der Waals surface area contributed by atoms with Gasteiger partial charge in [-0.05, 0) is 24.3 Å². The summed E-state index contributed by atoms with van der Waals surface area (Å²) >= 11 is 5.84. The lowest BCUT2D eigenvalue weighted by atomic mass is 10.2. The van der Waals surface area contributed by atoms with E-state index in [1.54, 1.807) is 30.3 Å². The summed E-state index contributed by atoms with van der Waals surface area (Å²) in [7, 11) is 0. The third-order valence-corrected chi connectivity index (χ3v) is 2.46. The number of ether oxygens (including phenoxy) is 1. The summed E-state index contributed by atoms with van der Waals surface area (Å²) in [6.07, 6.45) is 0. The molecule has 2 rings (SSSR count). The third-order valence-electron chi connectivity index (χ3n) is 2.22. The van der Waals surface area contributed by atoms with Gasteiger partial charge in [-0.25, -0.2) is 4.39 Å². The molecule has 2 nitrogen and oxygen atoms in total. The Hall–Kier alpha value is -1.58. The Morgan fingerprint density at radius 3 is 2.71 bits per heavy atom. The molecule has 0 aromatic heterocycles. The van der Waals surface area contributed by atoms with E-state index >= 15 is 0 Å². The predicted octanol–water partition coefficient (Wildman–Crippen LogP) is 3.76. The van der Waals surface area contributed by atoms with Crippen molar-refractivity contribution in [3.05, 3.63) is 58.9 Å². The smallest absolute Gasteiger partial charge is 0.134 e. The highest BCUT2D eigenvalue weighted by molar-refractivity contribution is 6.30. The molecule has 0 amide bonds. The number of rotatable bonds is 3. The zero-order valence-electron chi connectivity index (χ0n) is 8.86. The van der Waals surface area contributed by atoms with Crippen LogP contribution in [0, 0.1) is 5.82 Å². The van der Waals surface area contributed by atoms with E-state index in [0.29, 0.717) is 22.1 Å². The molecule has 0 saturated heterocycles. The van der Waals surface area contributed by atoms with E-state index in [0.717, 1.165) is 0 Å². The van der Waals surface area contributed by atoms with Crippen molar-refractivity contribution in [1.29, 1.82) is 0 Å². The standard InChI is InChI=1S/C13H10ClFO2/c14-10-5-4-9(8-16)13(6-10)17-12-3-1-2-11(15)7-12/h1-7,16H,8H2. The van der Waals surface area contributed by atoms with E-state index < -0.39 is 0 Å². The maximum absolute atomic E-state index is 13.0. The van der Waals surface area contributed by atoms with E-state index in [1.165, 1.54) is 12.1 Å². The van der Waals surface area contributed by atoms with Crippen LogP contribution < -0.4 is 4.74 Å². The molecule has 0 aliphatic heterocycles. The second-order valence-electron chi connectivity index (χ2n) is 3.47. The highest BCUT2D eigenvalue weighted by Crippen LogP contribution is 2.28. The third kappa shape index (κ3) is 2.96. The summed E-state index contributed by atoms with van der Waals surface area (Å²) in [6.45, 7) is -0.165. The van der Waals surface area contributed by atoms with E-state index in [2.05, 4.69) is 0 Å². The minimum Gasteiger partial charge on any atom is -0.457 e. The van der Waals surface area contributed by atoms with Crippen LogP contribution in [-0.4, -0.2) is 5.11 Å². The van der Waals surface area contributed by atoms with Crippen LogP contribution in [0.1, 0.15) is 5.56 Å². The average molecular weight is 253 g/mol. The van der Waals surface area contributed by atoms with Crippen molar-refractivity contribution >= 4 is 11.6 Å². The Morgan fingerprint density at radius 2 is 2.00 bits per heavy atom. The second-order valence-corrected chi connectivity index (χ2v) is 3.91. The van der Waals surface area contributed by atoms with Crippen molar-refractivity contribution in [2.24, 2.45) is 0 Å². The molecular formula is C13H10ClFO2. The van der Waals surface area contributed by atoms with Gasteiger partial charge >= 0.3 is 0 Å². The van der Waals surface area contributed by atoms with E-state index in [9.17, 15) is 4.39 Å². The Morgan fingerprint density at radius 1 is 1.18 bits per heavy atom. The van der Waals surface area contributed by atoms with Gasteiger partial charge in [-0.1, -0.05) is 23.7 Å². The zero-order valence-corrected chi connectivity index (χ0v) is 9.62. The first kappa shape index (κ1) is 11.9. The fraction of sp³-hybridized carbons (Fsp3) is 0.0769. The molecule has 0 aliphatic carbocycles. The topological polar surface area (TPSA) is 29.5 Å². The van der Waals surface area contributed by atoms with Gasteiger partial charge in [-0.2, -0.15) is 0 Å². The first-order valence-electron chi connectivity index (χ1n) is 5.02. The van der Waals surface area contributed by atoms with Crippen LogP contribution in [0.5, 0.6) is 11.5 Å². The van der Waals surface area contributed by atoms with Gasteiger partial charge in [0.15, 0.2) is 0 Å². The maximum atomic E-state index is 13.0. The number of aliphatic hydroxyl groups excluding tert-OH is 1. The van der Waals surface area contributed by atoms with Crippen molar-refractivity contribution in [3.63, 3.8) is 0 Å². The lowest BCUT2D eigenvalue weighted by Crippen LogP contribution is -1.92. The molecule has 0 bridgehead atoms. The van der Waals surface area contributed by atoms with Crippen LogP contribution in [0.3, 0.4) is 0 Å². The lowest BCUT2D eigenvalue weighted by molar-refractivity contribution is 0.276. The van der Waals surface area contributed by atoms with Crippen molar-refractivity contribution in [3.8, 4) is 11.5 Å². The molecule has 17 heavy (non-hydrogen) atoms. The van der Waals surface area contributed by atoms with Crippen LogP contribution in [-0.2, 0) is 6.61 Å². The van der Waals surface area contributed by atoms with Gasteiger partial charge in [0, 0.05) is 16.7 Å². The van der Waals surface area contributed by atoms with Gasteiger partial charge in [-0.3, -0.25) is 0 Å². The summed E-state index contributed by atoms with van der Waals surface area (Å²) in [5.74, 6) is 0.405. The van der Waals surface area contributed by atoms with Gasteiger partial charge in [0.2, 0.25) is 0 Å². The minimum atomic E-state index is -0.380. The van der Waals surface area contributed by atoms with Crippen molar-refractivity contribution in [2.75, 3.05) is 0 Å². The summed E-state index contributed by atoms with van der Waals surface area (Å²) in [5, 5.41) is 9.64. The molecule has 0 spiro atoms. The van der Waals surface area contributed by atoms with Crippen LogP contribution >= 0.6 is 11.6 Å². The maximum Gasteiger partial charge on any atom is 0.134 e. The number of hydrogen-bond donors (Lipinski definition) is 1. The molecule has 2 aromatic carbocycles. The molecule has 0 fully saturated rings. The molecule has 0 aliphatic rings. The molecular weight excluding hydrogens is 243 g/mol. The Kier molecular flexibility index (Phi) is 3.61. The molecule has 0 heterocycles. The van der Waals surface area contributed by atoms with Gasteiger partial charge in [-0.15, -0.1) is 0 Å². The number of halogens is 2. The predicted molar refractivity (Wildman–Crippen MR) is 63.8 cm³/mol. The van der Waals surface area contributed by atoms with E-state index in [-0.39, 0.29) is 12.4 Å². The normalized spacial score (nSPS) is 10.3. The molecule has 0 saturated carbocycles. The van der Waals surface area contributed by atoms with Crippen LogP contribution in [0.15, 0.2) is 42.5 Å². The quantitative estimate of drug-likeness (QED) is 0.901. The molecule has 0 unspecified atom stereocenters. The minimum absolute atomic E-state index is 0.165. The highest BCUT2D eigenvalue weighted by atomic mass is 35.5. The van der Waals surface area contributed by atoms with Gasteiger partial charge in [0.25, 0.3) is 0 Å². The molecule has 0 radical (unpaired) electrons. The Labute approximate surface area is 103 Å². The number of benzene rings is 2. The molecule has 4 heteroatoms. The largest absolute Gasteiger partial charge is 0.457 e. The molecule has 88 valence electrons. The summed E-state index contributed by atoms with van der Waals surface area (Å²) in [5.41, 5.74) is 0.596. The Balaban J connectivity index is 2.32. The van der Waals surface area contributed by atoms with E-state index in [1.807, 2.05) is 0 Å². The fourth-order valence-electron chi connectivity index (χ4n) is 1.41. The van der Waals surface area contributed by atoms with Crippen LogP contribution in [0.4, 0.5) is 4.39 Å². The summed E-state index contributed by atoms with van der Waals surface area (Å²) < 4.78 is 18.5. The monoisotopic (exact) mass is 252 g/mol. The Bertz CT molecular complexity index is 529. The second kappa shape index (κ2) is 5.17. The average Bonchev–Trinajstić information content (AvgIpc) is 2.29. The highest BCUT2D eigenvalue weighted by Gasteiger charge is 2.05. The van der Waals surface area contributed by atoms with Crippen LogP contribution in [0.2, 0.25) is 5.02 Å². The summed E-state index contributed by atoms with van der Waals surface area (Å²) in [6, 6.07) is 10.7. The first-order valence-corrected chi connectivity index (χ1v) is 5.39. The van der Waals surface area contributed by atoms with Gasteiger partial charge < -0.3 is 9.84 Å². The van der Waals surface area contributed by atoms with E-state index in [4.69, 9.17) is 21.4 Å². The van der Waals surface area contributed by atoms with Gasteiger partial charge in [0.1, 0.15) is 17.3 Å². The fourth-order valence-corrected chi connectivity index (χ4v) is 1.57. The zero-order chi connectivity index (χ0) is 12.3. The first-order chi connectivity index (χ1) is 8.19. The number of aliphatic hydroxyl groups is 1. The van der Waals surface area contributed by atoms with Crippen LogP contribution in [0.25, 0.3) is 0 Å². The summed E-state index contributed by atoms with van der Waals surface area (Å²) in [4.78, 5) is 0. The molecule has 0 atom stereocenters.